The number of alkyl carbamates (subject to hydrolysis) is 1. The summed E-state index contributed by atoms with van der Waals surface area (Å²) in [5.41, 5.74) is 5.80. The van der Waals surface area contributed by atoms with Crippen LogP contribution in [-0.4, -0.2) is 49.7 Å². The van der Waals surface area contributed by atoms with Gasteiger partial charge in [-0.15, -0.1) is 0 Å². The number of hydrogen-bond donors (Lipinski definition) is 2. The molecule has 6 nitrogen and oxygen atoms in total. The van der Waals surface area contributed by atoms with Crippen molar-refractivity contribution in [2.45, 2.75) is 38.1 Å². The molecule has 114 valence electrons. The number of nitrogens with two attached hydrogens (primary N) is 1. The van der Waals surface area contributed by atoms with Crippen LogP contribution in [0.25, 0.3) is 0 Å². The second-order valence-corrected chi connectivity index (χ2v) is 5.79. The monoisotopic (exact) mass is 283 g/mol. The van der Waals surface area contributed by atoms with Crippen LogP contribution in [0.1, 0.15) is 32.1 Å². The number of nitrogens with zero attached hydrogens (tertiary/aromatic N) is 1. The maximum atomic E-state index is 12.6. The summed E-state index contributed by atoms with van der Waals surface area (Å²) in [6.07, 6.45) is 4.67. The van der Waals surface area contributed by atoms with Crippen molar-refractivity contribution < 1.29 is 14.3 Å². The van der Waals surface area contributed by atoms with E-state index < -0.39 is 6.09 Å². The van der Waals surface area contributed by atoms with Crippen LogP contribution in [0.2, 0.25) is 0 Å². The van der Waals surface area contributed by atoms with Crippen LogP contribution in [-0.2, 0) is 9.53 Å². The molecule has 0 aromatic rings. The quantitative estimate of drug-likeness (QED) is 0.799. The standard InChI is InChI=1S/C14H25N3O3/c1-20-14(19)16-11-6-7-17(9-11)13(18)12-5-3-2-4-10(12)8-15/h10-12H,2-9,15H2,1H3,(H,16,19). The molecule has 3 N–H and O–H groups in total. The zero-order chi connectivity index (χ0) is 14.5. The largest absolute Gasteiger partial charge is 0.453 e. The Morgan fingerprint density at radius 2 is 2.05 bits per heavy atom. The Bertz CT molecular complexity index is 362. The first-order valence-electron chi connectivity index (χ1n) is 7.49. The molecule has 1 aliphatic heterocycles. The Balaban J connectivity index is 1.88. The van der Waals surface area contributed by atoms with Gasteiger partial charge in [0.25, 0.3) is 0 Å². The van der Waals surface area contributed by atoms with E-state index in [1.165, 1.54) is 13.5 Å². The molecule has 3 atom stereocenters. The highest BCUT2D eigenvalue weighted by Crippen LogP contribution is 2.31. The van der Waals surface area contributed by atoms with Crippen molar-refractivity contribution in [1.29, 1.82) is 0 Å². The third kappa shape index (κ3) is 3.42. The van der Waals surface area contributed by atoms with Crippen molar-refractivity contribution in [3.05, 3.63) is 0 Å². The molecule has 2 rings (SSSR count). The summed E-state index contributed by atoms with van der Waals surface area (Å²) in [5, 5.41) is 2.76. The lowest BCUT2D eigenvalue weighted by Crippen LogP contribution is -2.43. The van der Waals surface area contributed by atoms with Crippen molar-refractivity contribution in [2.24, 2.45) is 17.6 Å². The minimum Gasteiger partial charge on any atom is -0.453 e. The van der Waals surface area contributed by atoms with E-state index in [-0.39, 0.29) is 17.9 Å². The van der Waals surface area contributed by atoms with Crippen molar-refractivity contribution in [1.82, 2.24) is 10.2 Å². The van der Waals surface area contributed by atoms with Gasteiger partial charge in [-0.1, -0.05) is 12.8 Å². The van der Waals surface area contributed by atoms with Gasteiger partial charge in [-0.05, 0) is 31.7 Å². The Kier molecular flexibility index (Phi) is 5.23. The summed E-state index contributed by atoms with van der Waals surface area (Å²) < 4.78 is 4.59. The highest BCUT2D eigenvalue weighted by molar-refractivity contribution is 5.79. The van der Waals surface area contributed by atoms with Gasteiger partial charge in [0.05, 0.1) is 13.2 Å². The topological polar surface area (TPSA) is 84.7 Å². The second kappa shape index (κ2) is 6.92. The molecule has 3 unspecified atom stereocenters. The predicted molar refractivity (Wildman–Crippen MR) is 75.0 cm³/mol. The van der Waals surface area contributed by atoms with E-state index >= 15 is 0 Å². The number of likely N-dealkylation sites (tertiary alicyclic amines) is 1. The Morgan fingerprint density at radius 3 is 2.75 bits per heavy atom. The van der Waals surface area contributed by atoms with Gasteiger partial charge in [0, 0.05) is 19.0 Å². The minimum atomic E-state index is -0.429. The molecule has 0 aromatic carbocycles. The summed E-state index contributed by atoms with van der Waals surface area (Å²) in [4.78, 5) is 25.7. The van der Waals surface area contributed by atoms with Gasteiger partial charge in [0.2, 0.25) is 5.91 Å². The van der Waals surface area contributed by atoms with Crippen LogP contribution in [0, 0.1) is 11.8 Å². The molecule has 0 radical (unpaired) electrons. The average molecular weight is 283 g/mol. The Morgan fingerprint density at radius 1 is 1.30 bits per heavy atom. The fourth-order valence-corrected chi connectivity index (χ4v) is 3.35. The maximum Gasteiger partial charge on any atom is 0.407 e. The van der Waals surface area contributed by atoms with E-state index in [0.717, 1.165) is 25.7 Å². The number of hydrogen-bond acceptors (Lipinski definition) is 4. The lowest BCUT2D eigenvalue weighted by atomic mass is 9.78. The zero-order valence-electron chi connectivity index (χ0n) is 12.1. The van der Waals surface area contributed by atoms with Gasteiger partial charge in [-0.2, -0.15) is 0 Å². The van der Waals surface area contributed by atoms with Crippen molar-refractivity contribution >= 4 is 12.0 Å². The summed E-state index contributed by atoms with van der Waals surface area (Å²) in [7, 11) is 1.35. The van der Waals surface area contributed by atoms with Crippen molar-refractivity contribution in [2.75, 3.05) is 26.7 Å². The molecule has 1 heterocycles. The summed E-state index contributed by atoms with van der Waals surface area (Å²) >= 11 is 0. The van der Waals surface area contributed by atoms with E-state index in [1.54, 1.807) is 0 Å². The second-order valence-electron chi connectivity index (χ2n) is 5.79. The van der Waals surface area contributed by atoms with E-state index in [2.05, 4.69) is 10.1 Å². The van der Waals surface area contributed by atoms with Gasteiger partial charge in [0.1, 0.15) is 0 Å². The highest BCUT2D eigenvalue weighted by Gasteiger charge is 2.36. The molecule has 0 bridgehead atoms. The molecule has 1 saturated heterocycles. The Labute approximate surface area is 120 Å². The van der Waals surface area contributed by atoms with Crippen LogP contribution < -0.4 is 11.1 Å². The van der Waals surface area contributed by atoms with Gasteiger partial charge in [-0.25, -0.2) is 4.79 Å². The van der Waals surface area contributed by atoms with E-state index in [0.29, 0.717) is 25.6 Å². The van der Waals surface area contributed by atoms with Crippen molar-refractivity contribution in [3.63, 3.8) is 0 Å². The zero-order valence-corrected chi connectivity index (χ0v) is 12.1. The first-order chi connectivity index (χ1) is 9.65. The lowest BCUT2D eigenvalue weighted by molar-refractivity contribution is -0.137. The normalized spacial score (nSPS) is 30.1. The van der Waals surface area contributed by atoms with Gasteiger partial charge in [-0.3, -0.25) is 4.79 Å². The summed E-state index contributed by atoms with van der Waals surface area (Å²) in [6, 6.07) is 0.00585. The molecule has 2 aliphatic rings. The minimum absolute atomic E-state index is 0.00585. The van der Waals surface area contributed by atoms with Gasteiger partial charge in [0.15, 0.2) is 0 Å². The molecular formula is C14H25N3O3. The van der Waals surface area contributed by atoms with Crippen LogP contribution >= 0.6 is 0 Å². The van der Waals surface area contributed by atoms with Crippen LogP contribution in [0.4, 0.5) is 4.79 Å². The first kappa shape index (κ1) is 15.1. The smallest absolute Gasteiger partial charge is 0.407 e. The molecule has 0 spiro atoms. The summed E-state index contributed by atoms with van der Waals surface area (Å²) in [6.45, 7) is 1.89. The number of amides is 2. The average Bonchev–Trinajstić information content (AvgIpc) is 2.94. The lowest BCUT2D eigenvalue weighted by Gasteiger charge is -2.32. The Hall–Kier alpha value is -1.30. The number of rotatable bonds is 3. The molecule has 1 saturated carbocycles. The van der Waals surface area contributed by atoms with Crippen molar-refractivity contribution in [3.8, 4) is 0 Å². The molecular weight excluding hydrogens is 258 g/mol. The molecule has 20 heavy (non-hydrogen) atoms. The number of nitrogens with one attached hydrogen (secondary N) is 1. The SMILES string of the molecule is COC(=O)NC1CCN(C(=O)C2CCCCC2CN)C1. The highest BCUT2D eigenvalue weighted by atomic mass is 16.5. The van der Waals surface area contributed by atoms with Crippen LogP contribution in [0.3, 0.4) is 0 Å². The molecule has 6 heteroatoms. The predicted octanol–water partition coefficient (Wildman–Crippen LogP) is 0.708. The molecule has 1 aliphatic carbocycles. The third-order valence-electron chi connectivity index (χ3n) is 4.54. The third-order valence-corrected chi connectivity index (χ3v) is 4.54. The molecule has 2 fully saturated rings. The first-order valence-corrected chi connectivity index (χ1v) is 7.49. The number of methoxy groups -OCH3 is 1. The van der Waals surface area contributed by atoms with Crippen LogP contribution in [0.5, 0.6) is 0 Å². The number of ether oxygens (including phenoxy) is 1. The van der Waals surface area contributed by atoms with E-state index in [1.807, 2.05) is 4.90 Å². The van der Waals surface area contributed by atoms with E-state index in [9.17, 15) is 9.59 Å². The van der Waals surface area contributed by atoms with Crippen LogP contribution in [0.15, 0.2) is 0 Å². The fraction of sp³-hybridized carbons (Fsp3) is 0.857. The number of carbonyl (C=O) groups excluding carboxylic acids is 2. The van der Waals surface area contributed by atoms with Gasteiger partial charge < -0.3 is 20.7 Å². The fourth-order valence-electron chi connectivity index (χ4n) is 3.35. The maximum absolute atomic E-state index is 12.6. The molecule has 0 aromatic heterocycles. The van der Waals surface area contributed by atoms with E-state index in [4.69, 9.17) is 5.73 Å². The summed E-state index contributed by atoms with van der Waals surface area (Å²) in [5.74, 6) is 0.615. The van der Waals surface area contributed by atoms with Gasteiger partial charge >= 0.3 is 6.09 Å². The number of carbonyl (C=O) groups is 2. The molecule has 2 amide bonds.